The molecule has 1 atom stereocenters. The zero-order valence-electron chi connectivity index (χ0n) is 31.9. The van der Waals surface area contributed by atoms with Crippen LogP contribution < -0.4 is 0 Å². The predicted octanol–water partition coefficient (Wildman–Crippen LogP) is 15.5. The van der Waals surface area contributed by atoms with Gasteiger partial charge in [-0.3, -0.25) is 0 Å². The third-order valence-corrected chi connectivity index (χ3v) is 9.23. The first-order valence-electron chi connectivity index (χ1n) is 18.1. The number of hydrogen-bond donors (Lipinski definition) is 0. The molecule has 0 aromatic heterocycles. The molecule has 0 N–H and O–H groups in total. The topological polar surface area (TPSA) is 0 Å². The summed E-state index contributed by atoms with van der Waals surface area (Å²) in [6, 6.07) is 40.8. The standard InChI is InChI=1S/C23H27.C21H23.C2H6Si.2ClH.Zr/c1-5-7-17(4)21-14-20-8-6-9-22(23(20)15-21)19-12-10-18(11-13-19)16(2)3;1-5-15-13-17-7-6-8-19(20(17)14-15)16-9-11-18(12-10-16)21(2,3)4;1-3-2;;;/h6,8-17H,5,7H2,1-4H3;6-14H,5H2,1-4H3;1-2H3;2*1H;/q2*-1;;;;+4/p-2. The number of aryl methyl sites for hydroxylation is 1. The van der Waals surface area contributed by atoms with E-state index in [1.165, 1.54) is 78.9 Å². The number of halogens is 2. The average Bonchev–Trinajstić information content (AvgIpc) is 3.74. The Balaban J connectivity index is 0.000000235. The van der Waals surface area contributed by atoms with Gasteiger partial charge in [0.2, 0.25) is 0 Å². The van der Waals surface area contributed by atoms with Gasteiger partial charge in [-0.1, -0.05) is 147 Å². The normalized spacial score (nSPS) is 11.5. The van der Waals surface area contributed by atoms with Crippen molar-refractivity contribution in [3.05, 3.63) is 131 Å². The fourth-order valence-corrected chi connectivity index (χ4v) is 6.34. The van der Waals surface area contributed by atoms with Crippen LogP contribution in [0.2, 0.25) is 13.1 Å². The van der Waals surface area contributed by atoms with Gasteiger partial charge in [0.25, 0.3) is 0 Å². The molecular formula is C46H56Cl2SiZr. The quantitative estimate of drug-likeness (QED) is 0.111. The van der Waals surface area contributed by atoms with E-state index in [2.05, 4.69) is 178 Å². The molecule has 0 aliphatic heterocycles. The Kier molecular flexibility index (Phi) is 17.5. The van der Waals surface area contributed by atoms with Crippen LogP contribution in [0.15, 0.2) is 109 Å². The molecule has 0 heterocycles. The van der Waals surface area contributed by atoms with Crippen LogP contribution in [0, 0.1) is 0 Å². The molecule has 0 bridgehead atoms. The molecule has 0 aliphatic carbocycles. The van der Waals surface area contributed by atoms with E-state index >= 15 is 0 Å². The fourth-order valence-electron chi connectivity index (χ4n) is 6.34. The van der Waals surface area contributed by atoms with E-state index in [4.69, 9.17) is 17.0 Å². The number of hydrogen-bond acceptors (Lipinski definition) is 0. The van der Waals surface area contributed by atoms with Crippen molar-refractivity contribution in [2.24, 2.45) is 0 Å². The van der Waals surface area contributed by atoms with Crippen molar-refractivity contribution >= 4 is 48.1 Å². The maximum atomic E-state index is 4.93. The second kappa shape index (κ2) is 20.7. The Morgan fingerprint density at radius 1 is 0.700 bits per heavy atom. The Labute approximate surface area is 325 Å². The molecule has 6 aromatic carbocycles. The zero-order chi connectivity index (χ0) is 36.8. The van der Waals surface area contributed by atoms with Gasteiger partial charge >= 0.3 is 37.9 Å². The number of fused-ring (bicyclic) bond motifs is 2. The molecule has 50 heavy (non-hydrogen) atoms. The predicted molar refractivity (Wildman–Crippen MR) is 225 cm³/mol. The van der Waals surface area contributed by atoms with E-state index in [1.54, 1.807) is 0 Å². The van der Waals surface area contributed by atoms with Crippen LogP contribution in [0.4, 0.5) is 0 Å². The molecule has 0 saturated heterocycles. The van der Waals surface area contributed by atoms with Gasteiger partial charge in [0, 0.05) is 9.52 Å². The van der Waals surface area contributed by atoms with Gasteiger partial charge in [-0.05, 0) is 52.3 Å². The molecule has 2 radical (unpaired) electrons. The van der Waals surface area contributed by atoms with Gasteiger partial charge in [0.1, 0.15) is 0 Å². The van der Waals surface area contributed by atoms with Crippen LogP contribution in [-0.4, -0.2) is 9.52 Å². The summed E-state index contributed by atoms with van der Waals surface area (Å²) in [5.74, 6) is 1.23. The molecule has 1 unspecified atom stereocenters. The van der Waals surface area contributed by atoms with Crippen LogP contribution in [0.5, 0.6) is 0 Å². The van der Waals surface area contributed by atoms with Crippen LogP contribution in [0.25, 0.3) is 43.8 Å². The molecule has 0 aliphatic rings. The van der Waals surface area contributed by atoms with Crippen molar-refractivity contribution in [1.82, 2.24) is 0 Å². The summed E-state index contributed by atoms with van der Waals surface area (Å²) in [5.41, 5.74) is 11.2. The third kappa shape index (κ3) is 11.6. The first-order valence-corrected chi connectivity index (χ1v) is 26.4. The van der Waals surface area contributed by atoms with Gasteiger partial charge in [-0.2, -0.15) is 12.1 Å². The molecule has 0 spiro atoms. The summed E-state index contributed by atoms with van der Waals surface area (Å²) in [6.07, 6.45) is 3.60. The van der Waals surface area contributed by atoms with E-state index in [0.29, 0.717) is 11.8 Å². The molecular weight excluding hydrogens is 743 g/mol. The Hall–Kier alpha value is -2.22. The first kappa shape index (κ1) is 42.2. The first-order chi connectivity index (χ1) is 23.9. The molecule has 6 aromatic rings. The second-order valence-electron chi connectivity index (χ2n) is 14.5. The zero-order valence-corrected chi connectivity index (χ0v) is 36.9. The summed E-state index contributed by atoms with van der Waals surface area (Å²) in [7, 11) is 11.0. The number of rotatable bonds is 7. The van der Waals surface area contributed by atoms with Crippen LogP contribution >= 0.6 is 17.0 Å². The van der Waals surface area contributed by atoms with E-state index in [1.807, 2.05) is 0 Å². The molecule has 0 fully saturated rings. The summed E-state index contributed by atoms with van der Waals surface area (Å²) in [4.78, 5) is 0. The second-order valence-corrected chi connectivity index (χ2v) is 19.2. The van der Waals surface area contributed by atoms with Gasteiger partial charge in [0.05, 0.1) is 0 Å². The van der Waals surface area contributed by atoms with E-state index < -0.39 is 20.8 Å². The fraction of sp³-hybridized carbons (Fsp3) is 0.348. The van der Waals surface area contributed by atoms with Crippen molar-refractivity contribution in [3.63, 3.8) is 0 Å². The third-order valence-electron chi connectivity index (χ3n) is 9.23. The van der Waals surface area contributed by atoms with E-state index in [-0.39, 0.29) is 5.41 Å². The summed E-state index contributed by atoms with van der Waals surface area (Å²) < 4.78 is 0. The molecule has 0 amide bonds. The van der Waals surface area contributed by atoms with Crippen molar-refractivity contribution < 1.29 is 20.8 Å². The van der Waals surface area contributed by atoms with Gasteiger partial charge in [0.15, 0.2) is 0 Å². The summed E-state index contributed by atoms with van der Waals surface area (Å²) in [6.45, 7) is 22.4. The Morgan fingerprint density at radius 3 is 1.64 bits per heavy atom. The average molecular weight is 799 g/mol. The number of benzene rings is 4. The minimum absolute atomic E-state index is 0.209. The van der Waals surface area contributed by atoms with Crippen LogP contribution in [0.3, 0.4) is 0 Å². The summed E-state index contributed by atoms with van der Waals surface area (Å²) in [5, 5.41) is 5.48. The Bertz CT molecular complexity index is 1850. The molecule has 0 saturated carbocycles. The molecule has 0 nitrogen and oxygen atoms in total. The van der Waals surface area contributed by atoms with Gasteiger partial charge in [-0.15, -0.1) is 69.1 Å². The van der Waals surface area contributed by atoms with Gasteiger partial charge < -0.3 is 0 Å². The van der Waals surface area contributed by atoms with Crippen molar-refractivity contribution in [2.75, 3.05) is 0 Å². The van der Waals surface area contributed by atoms with Crippen molar-refractivity contribution in [3.8, 4) is 22.3 Å². The van der Waals surface area contributed by atoms with Crippen LogP contribution in [0.1, 0.15) is 102 Å². The molecule has 4 heteroatoms. The molecule has 262 valence electrons. The Morgan fingerprint density at radius 2 is 1.18 bits per heavy atom. The summed E-state index contributed by atoms with van der Waals surface area (Å²) >= 11 is -0.826. The SMILES string of the molecule is CCCC(C)c1cc2c(-c3ccc(C(C)C)cc3)cccc2[cH-]1.CCc1cc2c(-c3ccc(C(C)(C)C)cc3)cccc2[cH-]1.C[Si]C.[Cl][Zr+2][Cl]. The van der Waals surface area contributed by atoms with E-state index in [9.17, 15) is 0 Å². The molecule has 6 rings (SSSR count). The van der Waals surface area contributed by atoms with Crippen molar-refractivity contribution in [2.45, 2.75) is 105 Å². The van der Waals surface area contributed by atoms with E-state index in [0.717, 1.165) is 15.9 Å². The monoisotopic (exact) mass is 796 g/mol. The maximum absolute atomic E-state index is 4.93. The van der Waals surface area contributed by atoms with Crippen LogP contribution in [-0.2, 0) is 32.7 Å². The minimum atomic E-state index is -0.826. The van der Waals surface area contributed by atoms with Gasteiger partial charge in [-0.25, -0.2) is 0 Å². The van der Waals surface area contributed by atoms with Crippen molar-refractivity contribution in [1.29, 1.82) is 0 Å².